The summed E-state index contributed by atoms with van der Waals surface area (Å²) in [6, 6.07) is 8.29. The van der Waals surface area contributed by atoms with Gasteiger partial charge in [-0.1, -0.05) is 41.9 Å². The van der Waals surface area contributed by atoms with Crippen molar-refractivity contribution in [2.24, 2.45) is 0 Å². The van der Waals surface area contributed by atoms with Crippen molar-refractivity contribution in [2.45, 2.75) is 20.3 Å². The van der Waals surface area contributed by atoms with Gasteiger partial charge in [-0.05, 0) is 13.3 Å². The smallest absolute Gasteiger partial charge is 0.169 e. The second kappa shape index (κ2) is 3.66. The Balaban J connectivity index is 2.44. The zero-order valence-corrected chi connectivity index (χ0v) is 8.45. The summed E-state index contributed by atoms with van der Waals surface area (Å²) < 4.78 is 5.23. The Morgan fingerprint density at radius 3 is 2.57 bits per heavy atom. The maximum absolute atomic E-state index is 5.23. The van der Waals surface area contributed by atoms with Gasteiger partial charge in [0.25, 0.3) is 0 Å². The SMILES string of the molecule is CCc1cnoc1-c1ccc(C)cc1. The van der Waals surface area contributed by atoms with Gasteiger partial charge in [-0.25, -0.2) is 0 Å². The van der Waals surface area contributed by atoms with E-state index >= 15 is 0 Å². The molecule has 0 aliphatic rings. The molecule has 0 atom stereocenters. The van der Waals surface area contributed by atoms with Gasteiger partial charge >= 0.3 is 0 Å². The topological polar surface area (TPSA) is 26.0 Å². The average molecular weight is 187 g/mol. The molecule has 0 fully saturated rings. The van der Waals surface area contributed by atoms with Crippen LogP contribution >= 0.6 is 0 Å². The molecule has 0 bridgehead atoms. The van der Waals surface area contributed by atoms with Crippen LogP contribution in [0.25, 0.3) is 11.3 Å². The fourth-order valence-corrected chi connectivity index (χ4v) is 1.45. The monoisotopic (exact) mass is 187 g/mol. The minimum Gasteiger partial charge on any atom is -0.356 e. The Hall–Kier alpha value is -1.57. The molecule has 2 heteroatoms. The molecule has 1 heterocycles. The summed E-state index contributed by atoms with van der Waals surface area (Å²) in [6.07, 6.45) is 2.74. The zero-order chi connectivity index (χ0) is 9.97. The molecule has 0 amide bonds. The molecule has 0 aliphatic heterocycles. The molecular formula is C12H13NO. The number of aryl methyl sites for hydroxylation is 2. The highest BCUT2D eigenvalue weighted by molar-refractivity contribution is 5.60. The van der Waals surface area contributed by atoms with Crippen molar-refractivity contribution in [1.82, 2.24) is 5.16 Å². The van der Waals surface area contributed by atoms with Gasteiger partial charge in [0, 0.05) is 11.1 Å². The third-order valence-corrected chi connectivity index (χ3v) is 2.34. The normalized spacial score (nSPS) is 10.4. The minimum atomic E-state index is 0.896. The fourth-order valence-electron chi connectivity index (χ4n) is 1.45. The van der Waals surface area contributed by atoms with Gasteiger partial charge < -0.3 is 4.52 Å². The lowest BCUT2D eigenvalue weighted by Crippen LogP contribution is -1.81. The average Bonchev–Trinajstić information content (AvgIpc) is 2.67. The summed E-state index contributed by atoms with van der Waals surface area (Å²) in [6.45, 7) is 4.18. The first-order valence-corrected chi connectivity index (χ1v) is 4.82. The largest absolute Gasteiger partial charge is 0.356 e. The van der Waals surface area contributed by atoms with E-state index in [2.05, 4.69) is 43.3 Å². The van der Waals surface area contributed by atoms with Crippen LogP contribution in [0.4, 0.5) is 0 Å². The number of hydrogen-bond acceptors (Lipinski definition) is 2. The van der Waals surface area contributed by atoms with E-state index in [4.69, 9.17) is 4.52 Å². The Morgan fingerprint density at radius 2 is 1.93 bits per heavy atom. The van der Waals surface area contributed by atoms with Crippen LogP contribution in [-0.2, 0) is 6.42 Å². The van der Waals surface area contributed by atoms with Crippen molar-refractivity contribution >= 4 is 0 Å². The van der Waals surface area contributed by atoms with E-state index in [0.717, 1.165) is 23.3 Å². The molecule has 0 aliphatic carbocycles. The number of aromatic nitrogens is 1. The molecule has 1 aromatic carbocycles. The van der Waals surface area contributed by atoms with Gasteiger partial charge in [-0.3, -0.25) is 0 Å². The highest BCUT2D eigenvalue weighted by Crippen LogP contribution is 2.23. The van der Waals surface area contributed by atoms with E-state index in [1.165, 1.54) is 5.56 Å². The predicted octanol–water partition coefficient (Wildman–Crippen LogP) is 3.21. The number of rotatable bonds is 2. The van der Waals surface area contributed by atoms with E-state index in [1.54, 1.807) is 6.20 Å². The van der Waals surface area contributed by atoms with Gasteiger partial charge in [0.05, 0.1) is 6.20 Å². The third-order valence-electron chi connectivity index (χ3n) is 2.34. The highest BCUT2D eigenvalue weighted by Gasteiger charge is 2.07. The second-order valence-corrected chi connectivity index (χ2v) is 3.40. The van der Waals surface area contributed by atoms with Crippen LogP contribution in [0.5, 0.6) is 0 Å². The maximum Gasteiger partial charge on any atom is 0.169 e. The van der Waals surface area contributed by atoms with E-state index in [0.29, 0.717) is 0 Å². The Morgan fingerprint density at radius 1 is 1.21 bits per heavy atom. The minimum absolute atomic E-state index is 0.896. The van der Waals surface area contributed by atoms with Crippen molar-refractivity contribution < 1.29 is 4.52 Å². The predicted molar refractivity (Wildman–Crippen MR) is 56.1 cm³/mol. The van der Waals surface area contributed by atoms with Crippen molar-refractivity contribution in [3.8, 4) is 11.3 Å². The number of benzene rings is 1. The van der Waals surface area contributed by atoms with Crippen molar-refractivity contribution in [1.29, 1.82) is 0 Å². The molecule has 1 aromatic heterocycles. The van der Waals surface area contributed by atoms with Gasteiger partial charge in [0.15, 0.2) is 5.76 Å². The lowest BCUT2D eigenvalue weighted by atomic mass is 10.1. The standard InChI is InChI=1S/C12H13NO/c1-3-10-8-13-14-12(10)11-6-4-9(2)5-7-11/h4-8H,3H2,1-2H3. The quantitative estimate of drug-likeness (QED) is 0.721. The zero-order valence-electron chi connectivity index (χ0n) is 8.45. The molecule has 0 unspecified atom stereocenters. The summed E-state index contributed by atoms with van der Waals surface area (Å²) in [7, 11) is 0. The van der Waals surface area contributed by atoms with Gasteiger partial charge in [-0.15, -0.1) is 0 Å². The first-order chi connectivity index (χ1) is 6.81. The van der Waals surface area contributed by atoms with E-state index in [1.807, 2.05) is 0 Å². The van der Waals surface area contributed by atoms with Crippen LogP contribution in [0.2, 0.25) is 0 Å². The number of hydrogen-bond donors (Lipinski definition) is 0. The molecule has 0 radical (unpaired) electrons. The Kier molecular flexibility index (Phi) is 2.35. The molecule has 0 N–H and O–H groups in total. The first kappa shape index (κ1) is 9.00. The van der Waals surface area contributed by atoms with Gasteiger partial charge in [0.1, 0.15) is 0 Å². The van der Waals surface area contributed by atoms with Crippen LogP contribution in [0, 0.1) is 6.92 Å². The lowest BCUT2D eigenvalue weighted by Gasteiger charge is -1.98. The summed E-state index contributed by atoms with van der Waals surface area (Å²) in [5, 5.41) is 3.82. The first-order valence-electron chi connectivity index (χ1n) is 4.82. The van der Waals surface area contributed by atoms with Crippen LogP contribution in [0.1, 0.15) is 18.1 Å². The molecule has 2 rings (SSSR count). The van der Waals surface area contributed by atoms with Gasteiger partial charge in [-0.2, -0.15) is 0 Å². The van der Waals surface area contributed by atoms with E-state index in [9.17, 15) is 0 Å². The van der Waals surface area contributed by atoms with Crippen LogP contribution < -0.4 is 0 Å². The maximum atomic E-state index is 5.23. The number of nitrogens with zero attached hydrogens (tertiary/aromatic N) is 1. The van der Waals surface area contributed by atoms with Crippen LogP contribution in [0.15, 0.2) is 35.0 Å². The van der Waals surface area contributed by atoms with Crippen molar-refractivity contribution in [3.05, 3.63) is 41.6 Å². The molecule has 0 saturated heterocycles. The lowest BCUT2D eigenvalue weighted by molar-refractivity contribution is 0.431. The summed E-state index contributed by atoms with van der Waals surface area (Å²) in [5.41, 5.74) is 3.52. The molecule has 2 aromatic rings. The Bertz CT molecular complexity index is 414. The molecule has 2 nitrogen and oxygen atoms in total. The molecule has 0 saturated carbocycles. The highest BCUT2D eigenvalue weighted by atomic mass is 16.5. The van der Waals surface area contributed by atoms with Crippen molar-refractivity contribution in [2.75, 3.05) is 0 Å². The second-order valence-electron chi connectivity index (χ2n) is 3.40. The van der Waals surface area contributed by atoms with Crippen LogP contribution in [0.3, 0.4) is 0 Å². The molecule has 0 spiro atoms. The molecular weight excluding hydrogens is 174 g/mol. The fraction of sp³-hybridized carbons (Fsp3) is 0.250. The van der Waals surface area contributed by atoms with Crippen LogP contribution in [-0.4, -0.2) is 5.16 Å². The van der Waals surface area contributed by atoms with E-state index in [-0.39, 0.29) is 0 Å². The summed E-state index contributed by atoms with van der Waals surface area (Å²) in [4.78, 5) is 0. The Labute approximate surface area is 83.5 Å². The summed E-state index contributed by atoms with van der Waals surface area (Å²) in [5.74, 6) is 0.896. The van der Waals surface area contributed by atoms with Crippen molar-refractivity contribution in [3.63, 3.8) is 0 Å². The third kappa shape index (κ3) is 1.55. The summed E-state index contributed by atoms with van der Waals surface area (Å²) >= 11 is 0. The molecule has 14 heavy (non-hydrogen) atoms. The van der Waals surface area contributed by atoms with Gasteiger partial charge in [0.2, 0.25) is 0 Å². The van der Waals surface area contributed by atoms with E-state index < -0.39 is 0 Å². The molecule has 72 valence electrons.